The largest absolute Gasteiger partial charge is 0.384 e. The summed E-state index contributed by atoms with van der Waals surface area (Å²) in [6.45, 7) is 3.82. The highest BCUT2D eigenvalue weighted by molar-refractivity contribution is 9.10. The molecule has 2 rings (SSSR count). The topological polar surface area (TPSA) is 54.7 Å². The van der Waals surface area contributed by atoms with Crippen molar-refractivity contribution in [1.29, 1.82) is 5.26 Å². The molecule has 0 aliphatic carbocycles. The van der Waals surface area contributed by atoms with Crippen LogP contribution in [-0.2, 0) is 0 Å². The standard InChI is InChI=1S/C13H11BrClN3/c1-7-8(2)18(13(17)10(7)6-16)9-3-4-11(14)12(15)5-9/h3-5H,17H2,1-2H3. The lowest BCUT2D eigenvalue weighted by Gasteiger charge is -2.10. The average Bonchev–Trinajstić information content (AvgIpc) is 2.54. The van der Waals surface area contributed by atoms with Crippen LogP contribution in [0.15, 0.2) is 22.7 Å². The number of rotatable bonds is 1. The summed E-state index contributed by atoms with van der Waals surface area (Å²) in [7, 11) is 0. The molecule has 3 nitrogen and oxygen atoms in total. The summed E-state index contributed by atoms with van der Waals surface area (Å²) >= 11 is 9.43. The number of hydrogen-bond acceptors (Lipinski definition) is 2. The Morgan fingerprint density at radius 1 is 1.39 bits per heavy atom. The smallest absolute Gasteiger partial charge is 0.126 e. The van der Waals surface area contributed by atoms with Crippen molar-refractivity contribution in [2.24, 2.45) is 0 Å². The van der Waals surface area contributed by atoms with Crippen molar-refractivity contribution in [1.82, 2.24) is 4.57 Å². The molecule has 0 aliphatic rings. The van der Waals surface area contributed by atoms with Crippen molar-refractivity contribution >= 4 is 33.3 Å². The van der Waals surface area contributed by atoms with Gasteiger partial charge in [-0.15, -0.1) is 0 Å². The third-order valence-corrected chi connectivity index (χ3v) is 4.26. The Balaban J connectivity index is 2.72. The summed E-state index contributed by atoms with van der Waals surface area (Å²) in [5.41, 5.74) is 9.24. The molecule has 2 aromatic rings. The van der Waals surface area contributed by atoms with Crippen LogP contribution in [-0.4, -0.2) is 4.57 Å². The predicted molar refractivity (Wildman–Crippen MR) is 77.1 cm³/mol. The van der Waals surface area contributed by atoms with Crippen molar-refractivity contribution in [2.75, 3.05) is 5.73 Å². The average molecular weight is 325 g/mol. The fourth-order valence-electron chi connectivity index (χ4n) is 1.93. The monoisotopic (exact) mass is 323 g/mol. The molecular weight excluding hydrogens is 314 g/mol. The van der Waals surface area contributed by atoms with Crippen LogP contribution in [0.2, 0.25) is 5.02 Å². The molecular formula is C13H11BrClN3. The SMILES string of the molecule is Cc1c(C#N)c(N)n(-c2ccc(Br)c(Cl)c2)c1C. The fourth-order valence-corrected chi connectivity index (χ4v) is 2.35. The lowest BCUT2D eigenvalue weighted by Crippen LogP contribution is -2.02. The van der Waals surface area contributed by atoms with E-state index in [0.29, 0.717) is 16.4 Å². The number of nitrogen functional groups attached to an aromatic ring is 1. The predicted octanol–water partition coefficient (Wildman–Crippen LogP) is 3.96. The Morgan fingerprint density at radius 2 is 2.06 bits per heavy atom. The number of aromatic nitrogens is 1. The van der Waals surface area contributed by atoms with Gasteiger partial charge in [0.25, 0.3) is 0 Å². The molecule has 0 radical (unpaired) electrons. The molecule has 0 aliphatic heterocycles. The quantitative estimate of drug-likeness (QED) is 0.863. The van der Waals surface area contributed by atoms with Crippen molar-refractivity contribution in [3.63, 3.8) is 0 Å². The van der Waals surface area contributed by atoms with E-state index in [9.17, 15) is 0 Å². The number of hydrogen-bond donors (Lipinski definition) is 1. The molecule has 18 heavy (non-hydrogen) atoms. The first kappa shape index (κ1) is 13.0. The number of nitrogens with two attached hydrogens (primary N) is 1. The van der Waals surface area contributed by atoms with E-state index in [1.54, 1.807) is 0 Å². The minimum atomic E-state index is 0.450. The zero-order valence-electron chi connectivity index (χ0n) is 9.96. The molecule has 0 spiro atoms. The number of benzene rings is 1. The second-order valence-electron chi connectivity index (χ2n) is 4.02. The zero-order chi connectivity index (χ0) is 13.4. The van der Waals surface area contributed by atoms with Gasteiger partial charge in [0.05, 0.1) is 10.6 Å². The van der Waals surface area contributed by atoms with Gasteiger partial charge in [-0.3, -0.25) is 4.57 Å². The van der Waals surface area contributed by atoms with E-state index >= 15 is 0 Å². The van der Waals surface area contributed by atoms with Crippen LogP contribution in [0.1, 0.15) is 16.8 Å². The molecule has 2 N–H and O–H groups in total. The first-order valence-electron chi connectivity index (χ1n) is 5.30. The van der Waals surface area contributed by atoms with Gasteiger partial charge in [0.15, 0.2) is 0 Å². The molecule has 0 saturated carbocycles. The van der Waals surface area contributed by atoms with Crippen LogP contribution in [0.25, 0.3) is 5.69 Å². The second kappa shape index (κ2) is 4.68. The van der Waals surface area contributed by atoms with Gasteiger partial charge in [-0.1, -0.05) is 11.6 Å². The zero-order valence-corrected chi connectivity index (χ0v) is 12.3. The summed E-state index contributed by atoms with van der Waals surface area (Å²) in [4.78, 5) is 0. The van der Waals surface area contributed by atoms with Crippen LogP contribution in [0, 0.1) is 25.2 Å². The molecule has 0 atom stereocenters. The van der Waals surface area contributed by atoms with E-state index in [2.05, 4.69) is 22.0 Å². The summed E-state index contributed by atoms with van der Waals surface area (Å²) in [6.07, 6.45) is 0. The number of nitrogens with zero attached hydrogens (tertiary/aromatic N) is 2. The number of nitriles is 1. The Labute approximate surface area is 119 Å². The lowest BCUT2D eigenvalue weighted by molar-refractivity contribution is 1.02. The van der Waals surface area contributed by atoms with Crippen molar-refractivity contribution in [3.8, 4) is 11.8 Å². The molecule has 0 saturated heterocycles. The van der Waals surface area contributed by atoms with Crippen molar-refractivity contribution < 1.29 is 0 Å². The Hall–Kier alpha value is -1.44. The second-order valence-corrected chi connectivity index (χ2v) is 5.28. The van der Waals surface area contributed by atoms with Gasteiger partial charge in [-0.05, 0) is 53.5 Å². The van der Waals surface area contributed by atoms with Gasteiger partial charge in [-0.2, -0.15) is 5.26 Å². The van der Waals surface area contributed by atoms with E-state index in [0.717, 1.165) is 21.4 Å². The van der Waals surface area contributed by atoms with Crippen LogP contribution < -0.4 is 5.73 Å². The van der Waals surface area contributed by atoms with E-state index in [1.807, 2.05) is 36.6 Å². The maximum atomic E-state index is 9.11. The number of anilines is 1. The van der Waals surface area contributed by atoms with Crippen LogP contribution in [0.4, 0.5) is 5.82 Å². The number of halogens is 2. The molecule has 1 heterocycles. The molecule has 0 fully saturated rings. The third kappa shape index (κ3) is 1.90. The van der Waals surface area contributed by atoms with Gasteiger partial charge in [-0.25, -0.2) is 0 Å². The van der Waals surface area contributed by atoms with E-state index in [-0.39, 0.29) is 0 Å². The first-order valence-corrected chi connectivity index (χ1v) is 6.47. The minimum absolute atomic E-state index is 0.450. The first-order chi connectivity index (χ1) is 8.47. The van der Waals surface area contributed by atoms with Gasteiger partial charge in [0, 0.05) is 15.9 Å². The molecule has 5 heteroatoms. The minimum Gasteiger partial charge on any atom is -0.384 e. The highest BCUT2D eigenvalue weighted by atomic mass is 79.9. The molecule has 0 amide bonds. The van der Waals surface area contributed by atoms with Gasteiger partial charge >= 0.3 is 0 Å². The summed E-state index contributed by atoms with van der Waals surface area (Å²) in [5, 5.41) is 9.71. The van der Waals surface area contributed by atoms with Crippen LogP contribution in [0.5, 0.6) is 0 Å². The van der Waals surface area contributed by atoms with Gasteiger partial charge in [0.2, 0.25) is 0 Å². The van der Waals surface area contributed by atoms with E-state index in [4.69, 9.17) is 22.6 Å². The molecule has 92 valence electrons. The highest BCUT2D eigenvalue weighted by Gasteiger charge is 2.16. The van der Waals surface area contributed by atoms with E-state index in [1.165, 1.54) is 0 Å². The van der Waals surface area contributed by atoms with Crippen molar-refractivity contribution in [3.05, 3.63) is 44.5 Å². The summed E-state index contributed by atoms with van der Waals surface area (Å²) in [5.74, 6) is 0.450. The van der Waals surface area contributed by atoms with Crippen molar-refractivity contribution in [2.45, 2.75) is 13.8 Å². The molecule has 0 bridgehead atoms. The van der Waals surface area contributed by atoms with Crippen LogP contribution >= 0.6 is 27.5 Å². The van der Waals surface area contributed by atoms with Gasteiger partial charge in [0.1, 0.15) is 11.9 Å². The maximum Gasteiger partial charge on any atom is 0.126 e. The van der Waals surface area contributed by atoms with Gasteiger partial charge < -0.3 is 5.73 Å². The molecule has 1 aromatic heterocycles. The highest BCUT2D eigenvalue weighted by Crippen LogP contribution is 2.31. The third-order valence-electron chi connectivity index (χ3n) is 3.02. The normalized spacial score (nSPS) is 10.4. The molecule has 0 unspecified atom stereocenters. The van der Waals surface area contributed by atoms with Crippen LogP contribution in [0.3, 0.4) is 0 Å². The molecule has 1 aromatic carbocycles. The summed E-state index contributed by atoms with van der Waals surface area (Å²) in [6, 6.07) is 7.71. The maximum absolute atomic E-state index is 9.11. The summed E-state index contributed by atoms with van der Waals surface area (Å²) < 4.78 is 2.67. The Kier molecular flexibility index (Phi) is 3.38. The Bertz CT molecular complexity index is 668. The fraction of sp³-hybridized carbons (Fsp3) is 0.154. The lowest BCUT2D eigenvalue weighted by atomic mass is 10.2. The Morgan fingerprint density at radius 3 is 2.56 bits per heavy atom. The van der Waals surface area contributed by atoms with E-state index < -0.39 is 0 Å².